The lowest BCUT2D eigenvalue weighted by Gasteiger charge is -2.47. The Morgan fingerprint density at radius 2 is 1.85 bits per heavy atom. The summed E-state index contributed by atoms with van der Waals surface area (Å²) in [4.78, 5) is 34.7. The van der Waals surface area contributed by atoms with Gasteiger partial charge in [0.25, 0.3) is 0 Å². The Balaban J connectivity index is 1.90. The van der Waals surface area contributed by atoms with Gasteiger partial charge in [-0.1, -0.05) is 19.3 Å². The maximum absolute atomic E-state index is 12.4. The van der Waals surface area contributed by atoms with E-state index in [-0.39, 0.29) is 18.4 Å². The second kappa shape index (κ2) is 5.19. The highest BCUT2D eigenvalue weighted by Gasteiger charge is 2.49. The largest absolute Gasteiger partial charge is 0.345 e. The number of rotatable bonds is 2. The number of carbonyl (C=O) groups excluding carboxylic acids is 2. The molecule has 0 radical (unpaired) electrons. The van der Waals surface area contributed by atoms with Crippen molar-refractivity contribution in [2.45, 2.75) is 44.2 Å². The number of carbonyl (C=O) groups is 2. The van der Waals surface area contributed by atoms with Crippen molar-refractivity contribution in [2.24, 2.45) is 0 Å². The van der Waals surface area contributed by atoms with Crippen LogP contribution < -0.4 is 5.32 Å². The third kappa shape index (κ3) is 2.15. The van der Waals surface area contributed by atoms with Crippen molar-refractivity contribution in [3.63, 3.8) is 0 Å². The Morgan fingerprint density at radius 1 is 1.15 bits per heavy atom. The third-order valence-corrected chi connectivity index (χ3v) is 4.24. The van der Waals surface area contributed by atoms with Gasteiger partial charge in [-0.2, -0.15) is 0 Å². The molecule has 1 saturated heterocycles. The Morgan fingerprint density at radius 3 is 2.55 bits per heavy atom. The van der Waals surface area contributed by atoms with Gasteiger partial charge in [-0.05, 0) is 18.9 Å². The molecule has 1 saturated carbocycles. The van der Waals surface area contributed by atoms with E-state index in [0.29, 0.717) is 12.4 Å². The number of nitrogens with one attached hydrogen (secondary N) is 1. The Bertz CT molecular complexity index is 511. The molecule has 1 aliphatic carbocycles. The van der Waals surface area contributed by atoms with E-state index in [1.54, 1.807) is 23.4 Å². The first-order valence-electron chi connectivity index (χ1n) is 7.07. The summed E-state index contributed by atoms with van der Waals surface area (Å²) in [6, 6.07) is 1.74. The molecular formula is C14H18N4O2. The molecule has 6 heteroatoms. The molecule has 3 rings (SSSR count). The SMILES string of the molecule is O=C1CNC(=O)C2(CCCCC2)N1Cc1ncccn1. The summed E-state index contributed by atoms with van der Waals surface area (Å²) in [7, 11) is 0. The van der Waals surface area contributed by atoms with Gasteiger partial charge in [0.2, 0.25) is 11.8 Å². The average Bonchev–Trinajstić information content (AvgIpc) is 2.50. The van der Waals surface area contributed by atoms with E-state index >= 15 is 0 Å². The first-order chi connectivity index (χ1) is 9.72. The predicted octanol–water partition coefficient (Wildman–Crippen LogP) is 0.638. The van der Waals surface area contributed by atoms with Crippen molar-refractivity contribution in [3.05, 3.63) is 24.3 Å². The highest BCUT2D eigenvalue weighted by Crippen LogP contribution is 2.36. The van der Waals surface area contributed by atoms with Crippen molar-refractivity contribution in [1.29, 1.82) is 0 Å². The molecule has 2 heterocycles. The lowest BCUT2D eigenvalue weighted by molar-refractivity contribution is -0.157. The number of hydrogen-bond acceptors (Lipinski definition) is 4. The summed E-state index contributed by atoms with van der Waals surface area (Å²) in [6.45, 7) is 0.389. The zero-order chi connectivity index (χ0) is 14.0. The van der Waals surface area contributed by atoms with E-state index in [1.807, 2.05) is 0 Å². The van der Waals surface area contributed by atoms with Crippen molar-refractivity contribution < 1.29 is 9.59 Å². The highest BCUT2D eigenvalue weighted by molar-refractivity contribution is 5.98. The number of aromatic nitrogens is 2. The lowest BCUT2D eigenvalue weighted by Crippen LogP contribution is -2.67. The van der Waals surface area contributed by atoms with Crippen LogP contribution in [0.15, 0.2) is 18.5 Å². The van der Waals surface area contributed by atoms with Crippen LogP contribution in [0.2, 0.25) is 0 Å². The monoisotopic (exact) mass is 274 g/mol. The van der Waals surface area contributed by atoms with Gasteiger partial charge in [-0.3, -0.25) is 9.59 Å². The second-order valence-electron chi connectivity index (χ2n) is 5.42. The molecule has 2 amide bonds. The summed E-state index contributed by atoms with van der Waals surface area (Å²) in [6.07, 6.45) is 7.86. The summed E-state index contributed by atoms with van der Waals surface area (Å²) in [5.41, 5.74) is -0.688. The molecule has 0 aromatic carbocycles. The first kappa shape index (κ1) is 13.0. The van der Waals surface area contributed by atoms with Gasteiger partial charge < -0.3 is 10.2 Å². The average molecular weight is 274 g/mol. The maximum Gasteiger partial charge on any atom is 0.246 e. The molecule has 0 atom stereocenters. The fraction of sp³-hybridized carbons (Fsp3) is 0.571. The highest BCUT2D eigenvalue weighted by atomic mass is 16.2. The minimum absolute atomic E-state index is 0.0206. The Labute approximate surface area is 117 Å². The van der Waals surface area contributed by atoms with Gasteiger partial charge in [-0.25, -0.2) is 9.97 Å². The van der Waals surface area contributed by atoms with Gasteiger partial charge in [0, 0.05) is 12.4 Å². The maximum atomic E-state index is 12.4. The molecule has 1 aromatic heterocycles. The third-order valence-electron chi connectivity index (χ3n) is 4.24. The van der Waals surface area contributed by atoms with E-state index in [0.717, 1.165) is 32.1 Å². The van der Waals surface area contributed by atoms with Crippen molar-refractivity contribution in [3.8, 4) is 0 Å². The van der Waals surface area contributed by atoms with Crippen molar-refractivity contribution in [2.75, 3.05) is 6.54 Å². The van der Waals surface area contributed by atoms with Gasteiger partial charge >= 0.3 is 0 Å². The van der Waals surface area contributed by atoms with E-state index in [1.165, 1.54) is 0 Å². The summed E-state index contributed by atoms with van der Waals surface area (Å²) in [5, 5.41) is 2.74. The normalized spacial score (nSPS) is 21.9. The number of nitrogens with zero attached hydrogens (tertiary/aromatic N) is 3. The van der Waals surface area contributed by atoms with E-state index in [4.69, 9.17) is 0 Å². The zero-order valence-corrected chi connectivity index (χ0v) is 11.3. The fourth-order valence-electron chi connectivity index (χ4n) is 3.20. The minimum atomic E-state index is -0.688. The number of amides is 2. The van der Waals surface area contributed by atoms with Gasteiger partial charge in [0.15, 0.2) is 0 Å². The first-order valence-corrected chi connectivity index (χ1v) is 7.07. The molecule has 1 spiro atoms. The van der Waals surface area contributed by atoms with Crippen LogP contribution in [0, 0.1) is 0 Å². The number of piperazine rings is 1. The lowest BCUT2D eigenvalue weighted by atomic mass is 9.78. The van der Waals surface area contributed by atoms with Gasteiger partial charge in [-0.15, -0.1) is 0 Å². The molecule has 0 bridgehead atoms. The smallest absolute Gasteiger partial charge is 0.246 e. The molecule has 1 aromatic rings. The molecular weight excluding hydrogens is 256 g/mol. The minimum Gasteiger partial charge on any atom is -0.345 e. The summed E-state index contributed by atoms with van der Waals surface area (Å²) in [5.74, 6) is 0.521. The van der Waals surface area contributed by atoms with Crippen LogP contribution >= 0.6 is 0 Å². The van der Waals surface area contributed by atoms with Crippen LogP contribution in [0.5, 0.6) is 0 Å². The molecule has 2 fully saturated rings. The van der Waals surface area contributed by atoms with E-state index in [2.05, 4.69) is 15.3 Å². The molecule has 2 aliphatic rings. The van der Waals surface area contributed by atoms with Gasteiger partial charge in [0.1, 0.15) is 11.4 Å². The molecule has 1 aliphatic heterocycles. The molecule has 20 heavy (non-hydrogen) atoms. The Hall–Kier alpha value is -1.98. The second-order valence-corrected chi connectivity index (χ2v) is 5.42. The van der Waals surface area contributed by atoms with Crippen LogP contribution in [0.4, 0.5) is 0 Å². The van der Waals surface area contributed by atoms with Crippen molar-refractivity contribution >= 4 is 11.8 Å². The topological polar surface area (TPSA) is 75.2 Å². The summed E-state index contributed by atoms with van der Waals surface area (Å²) < 4.78 is 0. The summed E-state index contributed by atoms with van der Waals surface area (Å²) >= 11 is 0. The quantitative estimate of drug-likeness (QED) is 0.858. The van der Waals surface area contributed by atoms with Gasteiger partial charge in [0.05, 0.1) is 13.1 Å². The van der Waals surface area contributed by atoms with Crippen molar-refractivity contribution in [1.82, 2.24) is 20.2 Å². The van der Waals surface area contributed by atoms with Crippen LogP contribution in [0.3, 0.4) is 0 Å². The predicted molar refractivity (Wildman–Crippen MR) is 71.4 cm³/mol. The molecule has 1 N–H and O–H groups in total. The van der Waals surface area contributed by atoms with E-state index < -0.39 is 5.54 Å². The standard InChI is InChI=1S/C14H18N4O2/c19-12-9-17-13(20)14(5-2-1-3-6-14)18(12)10-11-15-7-4-8-16-11/h4,7-8H,1-3,5-6,9-10H2,(H,17,20). The van der Waals surface area contributed by atoms with E-state index in [9.17, 15) is 9.59 Å². The van der Waals surface area contributed by atoms with Crippen LogP contribution in [-0.4, -0.2) is 38.8 Å². The van der Waals surface area contributed by atoms with Crippen LogP contribution in [0.25, 0.3) is 0 Å². The number of hydrogen-bond donors (Lipinski definition) is 1. The molecule has 0 unspecified atom stereocenters. The Kier molecular flexibility index (Phi) is 3.38. The fourth-order valence-corrected chi connectivity index (χ4v) is 3.20. The van der Waals surface area contributed by atoms with Crippen LogP contribution in [-0.2, 0) is 16.1 Å². The molecule has 106 valence electrons. The molecule has 6 nitrogen and oxygen atoms in total. The van der Waals surface area contributed by atoms with Crippen LogP contribution in [0.1, 0.15) is 37.9 Å². The zero-order valence-electron chi connectivity index (χ0n) is 11.3.